The van der Waals surface area contributed by atoms with Crippen LogP contribution in [-0.4, -0.2) is 15.9 Å². The van der Waals surface area contributed by atoms with Crippen LogP contribution in [0.5, 0.6) is 0 Å². The summed E-state index contributed by atoms with van der Waals surface area (Å²) in [5.41, 5.74) is 8.24. The Balaban J connectivity index is 2.25. The maximum absolute atomic E-state index is 12.1. The molecule has 0 spiro atoms. The smallest absolute Gasteiger partial charge is 0.274 e. The lowest BCUT2D eigenvalue weighted by atomic mass is 10.1. The number of aryl methyl sites for hydroxylation is 1. The predicted molar refractivity (Wildman–Crippen MR) is 87.0 cm³/mol. The number of hydrogen-bond acceptors (Lipinski definition) is 3. The van der Waals surface area contributed by atoms with Crippen LogP contribution in [0.2, 0.25) is 0 Å². The molecule has 0 aliphatic heterocycles. The van der Waals surface area contributed by atoms with Gasteiger partial charge in [-0.2, -0.15) is 0 Å². The molecular weight excluding hydrogens is 338 g/mol. The lowest BCUT2D eigenvalue weighted by Crippen LogP contribution is -2.16. The number of pyridine rings is 1. The number of rotatable bonds is 3. The number of halogens is 1. The normalized spacial score (nSPS) is 10.1. The molecule has 2 aromatic rings. The highest BCUT2D eigenvalue weighted by atomic mass is 79.9. The highest BCUT2D eigenvalue weighted by Crippen LogP contribution is 2.18. The molecule has 0 atom stereocenters. The van der Waals surface area contributed by atoms with E-state index in [1.165, 1.54) is 0 Å². The van der Waals surface area contributed by atoms with Gasteiger partial charge in [-0.1, -0.05) is 24.4 Å². The summed E-state index contributed by atoms with van der Waals surface area (Å²) >= 11 is 8.21. The second-order valence-electron chi connectivity index (χ2n) is 4.21. The number of carbonyl (C=O) groups is 1. The molecule has 0 saturated heterocycles. The van der Waals surface area contributed by atoms with Crippen LogP contribution in [-0.2, 0) is 0 Å². The fraction of sp³-hybridized carbons (Fsp3) is 0.0714. The monoisotopic (exact) mass is 349 g/mol. The second-order valence-corrected chi connectivity index (χ2v) is 5.57. The Hall–Kier alpha value is -1.79. The van der Waals surface area contributed by atoms with Gasteiger partial charge in [-0.05, 0) is 46.6 Å². The number of nitrogens with two attached hydrogens (primary N) is 1. The van der Waals surface area contributed by atoms with Gasteiger partial charge in [0.1, 0.15) is 10.7 Å². The SMILES string of the molecule is Cc1ccc(C(N)=S)cc1NC(=O)c1ccc(Br)cn1. The molecule has 1 heterocycles. The second kappa shape index (κ2) is 6.11. The van der Waals surface area contributed by atoms with Gasteiger partial charge in [0, 0.05) is 21.9 Å². The number of hydrogen-bond donors (Lipinski definition) is 2. The minimum absolute atomic E-state index is 0.277. The molecule has 102 valence electrons. The molecule has 0 saturated carbocycles. The lowest BCUT2D eigenvalue weighted by Gasteiger charge is -2.10. The van der Waals surface area contributed by atoms with Crippen molar-refractivity contribution >= 4 is 44.7 Å². The van der Waals surface area contributed by atoms with Crippen molar-refractivity contribution in [1.82, 2.24) is 4.98 Å². The first-order valence-electron chi connectivity index (χ1n) is 5.81. The van der Waals surface area contributed by atoms with E-state index in [4.69, 9.17) is 18.0 Å². The van der Waals surface area contributed by atoms with Crippen LogP contribution < -0.4 is 11.1 Å². The molecule has 6 heteroatoms. The summed E-state index contributed by atoms with van der Waals surface area (Å²) < 4.78 is 0.820. The van der Waals surface area contributed by atoms with E-state index in [0.29, 0.717) is 21.9 Å². The number of nitrogens with zero attached hydrogens (tertiary/aromatic N) is 1. The van der Waals surface area contributed by atoms with Crippen LogP contribution in [0.1, 0.15) is 21.6 Å². The van der Waals surface area contributed by atoms with E-state index in [2.05, 4.69) is 26.2 Å². The van der Waals surface area contributed by atoms with E-state index in [0.717, 1.165) is 10.0 Å². The molecule has 1 aromatic heterocycles. The molecular formula is C14H12BrN3OS. The van der Waals surface area contributed by atoms with E-state index < -0.39 is 0 Å². The maximum atomic E-state index is 12.1. The van der Waals surface area contributed by atoms with E-state index in [-0.39, 0.29) is 5.91 Å². The molecule has 0 bridgehead atoms. The number of benzene rings is 1. The number of aromatic nitrogens is 1. The molecule has 0 unspecified atom stereocenters. The van der Waals surface area contributed by atoms with Crippen molar-refractivity contribution in [2.45, 2.75) is 6.92 Å². The summed E-state index contributed by atoms with van der Waals surface area (Å²) in [5, 5.41) is 2.81. The summed E-state index contributed by atoms with van der Waals surface area (Å²) in [6.45, 7) is 1.90. The van der Waals surface area contributed by atoms with Gasteiger partial charge in [0.25, 0.3) is 5.91 Å². The van der Waals surface area contributed by atoms with Crippen molar-refractivity contribution in [2.75, 3.05) is 5.32 Å². The summed E-state index contributed by atoms with van der Waals surface area (Å²) in [6, 6.07) is 8.85. The molecule has 0 fully saturated rings. The number of anilines is 1. The molecule has 1 aromatic carbocycles. The fourth-order valence-corrected chi connectivity index (χ4v) is 1.97. The molecule has 4 nitrogen and oxygen atoms in total. The zero-order chi connectivity index (χ0) is 14.7. The predicted octanol–water partition coefficient (Wildman–Crippen LogP) is 3.04. The number of thiocarbonyl (C=S) groups is 1. The highest BCUT2D eigenvalue weighted by molar-refractivity contribution is 9.10. The standard InChI is InChI=1S/C14H12BrN3OS/c1-8-2-3-9(13(16)20)6-12(8)18-14(19)11-5-4-10(15)7-17-11/h2-7H,1H3,(H2,16,20)(H,18,19). The molecule has 20 heavy (non-hydrogen) atoms. The van der Waals surface area contributed by atoms with Gasteiger partial charge in [-0.15, -0.1) is 0 Å². The van der Waals surface area contributed by atoms with E-state index in [9.17, 15) is 4.79 Å². The molecule has 3 N–H and O–H groups in total. The zero-order valence-electron chi connectivity index (χ0n) is 10.7. The summed E-state index contributed by atoms with van der Waals surface area (Å²) in [5.74, 6) is -0.277. The van der Waals surface area contributed by atoms with Gasteiger partial charge in [-0.25, -0.2) is 4.98 Å². The van der Waals surface area contributed by atoms with Crippen molar-refractivity contribution in [3.8, 4) is 0 Å². The minimum atomic E-state index is -0.277. The topological polar surface area (TPSA) is 68.0 Å². The third-order valence-electron chi connectivity index (χ3n) is 2.73. The molecule has 0 aliphatic carbocycles. The third kappa shape index (κ3) is 3.40. The molecule has 0 aliphatic rings. The number of carbonyl (C=O) groups excluding carboxylic acids is 1. The largest absolute Gasteiger partial charge is 0.389 e. The van der Waals surface area contributed by atoms with Gasteiger partial charge in [0.05, 0.1) is 0 Å². The van der Waals surface area contributed by atoms with Crippen LogP contribution in [0.25, 0.3) is 0 Å². The average Bonchev–Trinajstić information content (AvgIpc) is 2.41. The Kier molecular flexibility index (Phi) is 4.46. The fourth-order valence-electron chi connectivity index (χ4n) is 1.61. The summed E-state index contributed by atoms with van der Waals surface area (Å²) in [4.78, 5) is 16.5. The van der Waals surface area contributed by atoms with E-state index in [1.807, 2.05) is 19.1 Å². The van der Waals surface area contributed by atoms with Gasteiger partial charge < -0.3 is 11.1 Å². The van der Waals surface area contributed by atoms with Crippen molar-refractivity contribution in [3.63, 3.8) is 0 Å². The highest BCUT2D eigenvalue weighted by Gasteiger charge is 2.10. The van der Waals surface area contributed by atoms with Crippen LogP contribution in [0.4, 0.5) is 5.69 Å². The Morgan fingerprint density at radius 2 is 2.10 bits per heavy atom. The van der Waals surface area contributed by atoms with Crippen LogP contribution in [0.3, 0.4) is 0 Å². The number of nitrogens with one attached hydrogen (secondary N) is 1. The van der Waals surface area contributed by atoms with Gasteiger partial charge in [0.2, 0.25) is 0 Å². The minimum Gasteiger partial charge on any atom is -0.389 e. The third-order valence-corrected chi connectivity index (χ3v) is 3.44. The first kappa shape index (κ1) is 14.6. The first-order chi connectivity index (χ1) is 9.47. The van der Waals surface area contributed by atoms with Crippen molar-refractivity contribution < 1.29 is 4.79 Å². The Morgan fingerprint density at radius 3 is 2.70 bits per heavy atom. The number of amides is 1. The Labute approximate surface area is 130 Å². The van der Waals surface area contributed by atoms with Crippen LogP contribution in [0, 0.1) is 6.92 Å². The molecule has 0 radical (unpaired) electrons. The van der Waals surface area contributed by atoms with Crippen molar-refractivity contribution in [2.24, 2.45) is 5.73 Å². The summed E-state index contributed by atoms with van der Waals surface area (Å²) in [7, 11) is 0. The average molecular weight is 350 g/mol. The first-order valence-corrected chi connectivity index (χ1v) is 7.01. The molecule has 1 amide bonds. The Morgan fingerprint density at radius 1 is 1.35 bits per heavy atom. The maximum Gasteiger partial charge on any atom is 0.274 e. The van der Waals surface area contributed by atoms with E-state index in [1.54, 1.807) is 24.4 Å². The molecule has 2 rings (SSSR count). The van der Waals surface area contributed by atoms with Crippen LogP contribution in [0.15, 0.2) is 41.0 Å². The van der Waals surface area contributed by atoms with E-state index >= 15 is 0 Å². The summed E-state index contributed by atoms with van der Waals surface area (Å²) in [6.07, 6.45) is 1.58. The Bertz CT molecular complexity index is 671. The quantitative estimate of drug-likeness (QED) is 0.835. The van der Waals surface area contributed by atoms with Crippen molar-refractivity contribution in [1.29, 1.82) is 0 Å². The zero-order valence-corrected chi connectivity index (χ0v) is 13.1. The lowest BCUT2D eigenvalue weighted by molar-refractivity contribution is 0.102. The van der Waals surface area contributed by atoms with Gasteiger partial charge in [-0.3, -0.25) is 4.79 Å². The van der Waals surface area contributed by atoms with Crippen LogP contribution >= 0.6 is 28.1 Å². The van der Waals surface area contributed by atoms with Crippen molar-refractivity contribution in [3.05, 3.63) is 57.8 Å². The van der Waals surface area contributed by atoms with Gasteiger partial charge in [0.15, 0.2) is 0 Å². The van der Waals surface area contributed by atoms with Gasteiger partial charge >= 0.3 is 0 Å².